The second-order valence-corrected chi connectivity index (χ2v) is 7.10. The number of hydrogen-bond acceptors (Lipinski definition) is 3. The van der Waals surface area contributed by atoms with Gasteiger partial charge >= 0.3 is 6.03 Å². The smallest absolute Gasteiger partial charge is 0.315 e. The van der Waals surface area contributed by atoms with Gasteiger partial charge in [-0.3, -0.25) is 0 Å². The van der Waals surface area contributed by atoms with E-state index in [1.807, 2.05) is 31.2 Å². The van der Waals surface area contributed by atoms with Gasteiger partial charge in [-0.1, -0.05) is 42.0 Å². The normalized spacial score (nSPS) is 11.1. The van der Waals surface area contributed by atoms with Crippen molar-refractivity contribution in [3.8, 4) is 0 Å². The van der Waals surface area contributed by atoms with Gasteiger partial charge in [0.15, 0.2) is 0 Å². The Kier molecular flexibility index (Phi) is 5.94. The van der Waals surface area contributed by atoms with Gasteiger partial charge in [-0.15, -0.1) is 0 Å². The summed E-state index contributed by atoms with van der Waals surface area (Å²) in [5.41, 5.74) is 3.11. The first kappa shape index (κ1) is 18.0. The second-order valence-electron chi connectivity index (χ2n) is 5.54. The molecule has 0 aliphatic rings. The third-order valence-electron chi connectivity index (χ3n) is 3.49. The van der Waals surface area contributed by atoms with Gasteiger partial charge in [0.1, 0.15) is 0 Å². The predicted octanol–water partition coefficient (Wildman–Crippen LogP) is 1.68. The topological polar surface area (TPSA) is 101 Å². The van der Waals surface area contributed by atoms with E-state index in [1.54, 1.807) is 12.1 Å². The molecule has 0 unspecified atom stereocenters. The number of sulfonamides is 1. The molecule has 128 valence electrons. The molecular weight excluding hydrogens is 326 g/mol. The first-order chi connectivity index (χ1) is 11.3. The summed E-state index contributed by atoms with van der Waals surface area (Å²) in [6.07, 6.45) is 0.600. The molecule has 0 saturated heterocycles. The average Bonchev–Trinajstić information content (AvgIpc) is 2.53. The molecule has 0 bridgehead atoms. The lowest BCUT2D eigenvalue weighted by Gasteiger charge is -2.08. The van der Waals surface area contributed by atoms with Crippen molar-refractivity contribution in [1.29, 1.82) is 0 Å². The van der Waals surface area contributed by atoms with Crippen LogP contribution in [0.4, 0.5) is 4.79 Å². The van der Waals surface area contributed by atoms with Crippen LogP contribution in [0.3, 0.4) is 0 Å². The summed E-state index contributed by atoms with van der Waals surface area (Å²) in [6, 6.07) is 14.0. The highest BCUT2D eigenvalue weighted by Crippen LogP contribution is 2.09. The predicted molar refractivity (Wildman–Crippen MR) is 92.9 cm³/mol. The lowest BCUT2D eigenvalue weighted by Crippen LogP contribution is -2.36. The highest BCUT2D eigenvalue weighted by Gasteiger charge is 2.07. The van der Waals surface area contributed by atoms with Gasteiger partial charge in [-0.2, -0.15) is 0 Å². The Balaban J connectivity index is 1.74. The quantitative estimate of drug-likeness (QED) is 0.741. The van der Waals surface area contributed by atoms with Crippen molar-refractivity contribution in [2.24, 2.45) is 5.14 Å². The fourth-order valence-electron chi connectivity index (χ4n) is 2.23. The molecule has 0 atom stereocenters. The van der Waals surface area contributed by atoms with Crippen LogP contribution in [0.5, 0.6) is 0 Å². The zero-order chi connectivity index (χ0) is 17.6. The Labute approximate surface area is 142 Å². The third kappa shape index (κ3) is 5.68. The monoisotopic (exact) mass is 347 g/mol. The summed E-state index contributed by atoms with van der Waals surface area (Å²) in [5.74, 6) is 0. The molecule has 0 heterocycles. The molecule has 2 rings (SSSR count). The summed E-state index contributed by atoms with van der Waals surface area (Å²) >= 11 is 0. The minimum Gasteiger partial charge on any atom is -0.338 e. The molecule has 2 amide bonds. The number of urea groups is 1. The van der Waals surface area contributed by atoms with Gasteiger partial charge in [0, 0.05) is 13.1 Å². The van der Waals surface area contributed by atoms with E-state index in [9.17, 15) is 13.2 Å². The fourth-order valence-corrected chi connectivity index (χ4v) is 2.75. The average molecular weight is 347 g/mol. The highest BCUT2D eigenvalue weighted by atomic mass is 32.2. The number of primary sulfonamides is 1. The first-order valence-corrected chi connectivity index (χ1v) is 9.08. The van der Waals surface area contributed by atoms with E-state index >= 15 is 0 Å². The van der Waals surface area contributed by atoms with E-state index in [1.165, 1.54) is 12.1 Å². The van der Waals surface area contributed by atoms with E-state index in [4.69, 9.17) is 5.14 Å². The Bertz CT molecular complexity index is 802. The fraction of sp³-hybridized carbons (Fsp3) is 0.235. The molecule has 0 aliphatic heterocycles. The molecule has 2 aromatic carbocycles. The number of amides is 2. The van der Waals surface area contributed by atoms with Crippen molar-refractivity contribution < 1.29 is 13.2 Å². The summed E-state index contributed by atoms with van der Waals surface area (Å²) in [7, 11) is -3.67. The Morgan fingerprint density at radius 1 is 1.04 bits per heavy atom. The van der Waals surface area contributed by atoms with Crippen LogP contribution in [0.2, 0.25) is 0 Å². The third-order valence-corrected chi connectivity index (χ3v) is 4.42. The van der Waals surface area contributed by atoms with Crippen molar-refractivity contribution >= 4 is 16.1 Å². The van der Waals surface area contributed by atoms with Crippen LogP contribution in [0, 0.1) is 6.92 Å². The van der Waals surface area contributed by atoms with Gasteiger partial charge in [-0.05, 0) is 36.6 Å². The maximum absolute atomic E-state index is 11.8. The Morgan fingerprint density at radius 2 is 1.75 bits per heavy atom. The van der Waals surface area contributed by atoms with Crippen LogP contribution in [0.15, 0.2) is 53.4 Å². The van der Waals surface area contributed by atoms with Crippen molar-refractivity contribution in [1.82, 2.24) is 10.6 Å². The number of rotatable bonds is 6. The van der Waals surface area contributed by atoms with Gasteiger partial charge in [0.2, 0.25) is 10.0 Å². The number of carbonyl (C=O) groups is 1. The molecule has 6 nitrogen and oxygen atoms in total. The largest absolute Gasteiger partial charge is 0.338 e. The number of benzene rings is 2. The van der Waals surface area contributed by atoms with Crippen molar-refractivity contribution in [2.45, 2.75) is 24.8 Å². The van der Waals surface area contributed by atoms with E-state index in [2.05, 4.69) is 10.6 Å². The first-order valence-electron chi connectivity index (χ1n) is 7.53. The Morgan fingerprint density at radius 3 is 2.38 bits per heavy atom. The molecule has 0 fully saturated rings. The minimum atomic E-state index is -3.67. The van der Waals surface area contributed by atoms with Gasteiger partial charge < -0.3 is 10.6 Å². The molecule has 2 aromatic rings. The van der Waals surface area contributed by atoms with Gasteiger partial charge in [-0.25, -0.2) is 18.4 Å². The molecule has 24 heavy (non-hydrogen) atoms. The zero-order valence-electron chi connectivity index (χ0n) is 13.5. The van der Waals surface area contributed by atoms with Gasteiger partial charge in [0.25, 0.3) is 0 Å². The molecule has 0 aromatic heterocycles. The SMILES string of the molecule is Cc1cccc(CNC(=O)NCCc2ccc(S(N)(=O)=O)cc2)c1. The Hall–Kier alpha value is -2.38. The van der Waals surface area contributed by atoms with Crippen molar-refractivity contribution in [3.63, 3.8) is 0 Å². The van der Waals surface area contributed by atoms with Crippen LogP contribution in [0.25, 0.3) is 0 Å². The highest BCUT2D eigenvalue weighted by molar-refractivity contribution is 7.89. The van der Waals surface area contributed by atoms with E-state index < -0.39 is 10.0 Å². The molecule has 0 spiro atoms. The lowest BCUT2D eigenvalue weighted by atomic mass is 10.1. The minimum absolute atomic E-state index is 0.0788. The number of carbonyl (C=O) groups excluding carboxylic acids is 1. The standard InChI is InChI=1S/C17H21N3O3S/c1-13-3-2-4-15(11-13)12-20-17(21)19-10-9-14-5-7-16(8-6-14)24(18,22)23/h2-8,11H,9-10,12H2,1H3,(H2,18,22,23)(H2,19,20,21). The van der Waals surface area contributed by atoms with E-state index in [0.29, 0.717) is 19.5 Å². The van der Waals surface area contributed by atoms with Gasteiger partial charge in [0.05, 0.1) is 4.90 Å². The summed E-state index contributed by atoms with van der Waals surface area (Å²) in [5, 5.41) is 10.6. The molecule has 0 aliphatic carbocycles. The number of aryl methyl sites for hydroxylation is 1. The number of nitrogens with one attached hydrogen (secondary N) is 2. The van der Waals surface area contributed by atoms with Crippen LogP contribution in [-0.2, 0) is 23.0 Å². The van der Waals surface area contributed by atoms with E-state index in [-0.39, 0.29) is 10.9 Å². The maximum atomic E-state index is 11.8. The number of nitrogens with two attached hydrogens (primary N) is 1. The van der Waals surface area contributed by atoms with Crippen LogP contribution >= 0.6 is 0 Å². The maximum Gasteiger partial charge on any atom is 0.315 e. The molecule has 0 radical (unpaired) electrons. The molecule has 0 saturated carbocycles. The second kappa shape index (κ2) is 7.94. The molecular formula is C17H21N3O3S. The van der Waals surface area contributed by atoms with Crippen molar-refractivity contribution in [3.05, 3.63) is 65.2 Å². The molecule has 4 N–H and O–H groups in total. The van der Waals surface area contributed by atoms with Crippen LogP contribution in [-0.4, -0.2) is 21.0 Å². The lowest BCUT2D eigenvalue weighted by molar-refractivity contribution is 0.240. The summed E-state index contributed by atoms with van der Waals surface area (Å²) < 4.78 is 22.3. The van der Waals surface area contributed by atoms with Crippen molar-refractivity contribution in [2.75, 3.05) is 6.54 Å². The molecule has 7 heteroatoms. The van der Waals surface area contributed by atoms with Crippen LogP contribution in [0.1, 0.15) is 16.7 Å². The van der Waals surface area contributed by atoms with E-state index in [0.717, 1.165) is 16.7 Å². The summed E-state index contributed by atoms with van der Waals surface area (Å²) in [6.45, 7) is 2.93. The zero-order valence-corrected chi connectivity index (χ0v) is 14.3. The number of hydrogen-bond donors (Lipinski definition) is 3. The van der Waals surface area contributed by atoms with Crippen LogP contribution < -0.4 is 15.8 Å². The summed E-state index contributed by atoms with van der Waals surface area (Å²) in [4.78, 5) is 11.8.